The van der Waals surface area contributed by atoms with E-state index in [0.29, 0.717) is 0 Å². The zero-order valence-electron chi connectivity index (χ0n) is 11.4. The molecule has 1 aliphatic rings. The number of rotatable bonds is 2. The van der Waals surface area contributed by atoms with Gasteiger partial charge in [-0.05, 0) is 42.5 Å². The van der Waals surface area contributed by atoms with Crippen LogP contribution < -0.4 is 0 Å². The van der Waals surface area contributed by atoms with Crippen LogP contribution in [0.3, 0.4) is 0 Å². The second-order valence-corrected chi connectivity index (χ2v) is 5.46. The molecule has 1 aliphatic carbocycles. The van der Waals surface area contributed by atoms with Crippen molar-refractivity contribution in [3.05, 3.63) is 42.0 Å². The summed E-state index contributed by atoms with van der Waals surface area (Å²) in [6.07, 6.45) is 5.12. The number of aliphatic hydroxyl groups excluding tert-OH is 1. The Hall–Kier alpha value is -1.87. The van der Waals surface area contributed by atoms with Crippen molar-refractivity contribution in [1.82, 2.24) is 0 Å². The number of fused-ring (bicyclic) bond motifs is 1. The quantitative estimate of drug-likeness (QED) is 0.822. The molecular formula is C17H19NO2. The number of nitrogens with zero attached hydrogens (tertiary/aromatic N) is 1. The molecular weight excluding hydrogens is 250 g/mol. The predicted molar refractivity (Wildman–Crippen MR) is 81.5 cm³/mol. The minimum atomic E-state index is -0.160. The van der Waals surface area contributed by atoms with Gasteiger partial charge in [-0.25, -0.2) is 0 Å². The van der Waals surface area contributed by atoms with Crippen molar-refractivity contribution in [1.29, 1.82) is 0 Å². The average Bonchev–Trinajstić information content (AvgIpc) is 2.48. The van der Waals surface area contributed by atoms with Gasteiger partial charge in [-0.2, -0.15) is 0 Å². The molecule has 0 aromatic heterocycles. The monoisotopic (exact) mass is 269 g/mol. The fraction of sp³-hybridized carbons (Fsp3) is 0.353. The van der Waals surface area contributed by atoms with Crippen molar-refractivity contribution >= 4 is 17.0 Å². The molecule has 20 heavy (non-hydrogen) atoms. The summed E-state index contributed by atoms with van der Waals surface area (Å²) < 4.78 is 0. The molecule has 1 saturated carbocycles. The molecule has 0 bridgehead atoms. The smallest absolute Gasteiger partial charge is 0.124 e. The number of aliphatic imine (C=N–C) groups is 1. The number of benzene rings is 2. The summed E-state index contributed by atoms with van der Waals surface area (Å²) in [5, 5.41) is 21.7. The molecule has 0 saturated heterocycles. The van der Waals surface area contributed by atoms with E-state index in [1.807, 2.05) is 30.3 Å². The van der Waals surface area contributed by atoms with Gasteiger partial charge in [-0.15, -0.1) is 0 Å². The SMILES string of the molecule is Oc1ccc2ccccc2c1C=NC1CCC(O)CC1. The molecule has 0 amide bonds. The molecule has 0 heterocycles. The summed E-state index contributed by atoms with van der Waals surface area (Å²) in [7, 11) is 0. The molecule has 3 nitrogen and oxygen atoms in total. The van der Waals surface area contributed by atoms with Gasteiger partial charge >= 0.3 is 0 Å². The van der Waals surface area contributed by atoms with E-state index in [0.717, 1.165) is 42.0 Å². The maximum Gasteiger partial charge on any atom is 0.124 e. The van der Waals surface area contributed by atoms with Gasteiger partial charge in [0.2, 0.25) is 0 Å². The van der Waals surface area contributed by atoms with Crippen LogP contribution in [0, 0.1) is 0 Å². The number of aromatic hydroxyl groups is 1. The normalized spacial score (nSPS) is 23.4. The Morgan fingerprint density at radius 3 is 2.55 bits per heavy atom. The second-order valence-electron chi connectivity index (χ2n) is 5.46. The zero-order chi connectivity index (χ0) is 13.9. The summed E-state index contributed by atoms with van der Waals surface area (Å²) in [5.74, 6) is 0.267. The summed E-state index contributed by atoms with van der Waals surface area (Å²) in [6.45, 7) is 0. The van der Waals surface area contributed by atoms with Crippen LogP contribution in [0.2, 0.25) is 0 Å². The first-order valence-electron chi connectivity index (χ1n) is 7.16. The Morgan fingerprint density at radius 1 is 1.00 bits per heavy atom. The van der Waals surface area contributed by atoms with E-state index < -0.39 is 0 Å². The number of hydrogen-bond acceptors (Lipinski definition) is 3. The minimum absolute atomic E-state index is 0.160. The van der Waals surface area contributed by atoms with Crippen molar-refractivity contribution in [3.8, 4) is 5.75 Å². The number of aliphatic hydroxyl groups is 1. The Balaban J connectivity index is 1.88. The largest absolute Gasteiger partial charge is 0.507 e. The van der Waals surface area contributed by atoms with Gasteiger partial charge in [0, 0.05) is 11.8 Å². The van der Waals surface area contributed by atoms with Crippen LogP contribution in [0.5, 0.6) is 5.75 Å². The lowest BCUT2D eigenvalue weighted by atomic mass is 9.93. The molecule has 2 aromatic rings. The van der Waals surface area contributed by atoms with Crippen molar-refractivity contribution in [2.75, 3.05) is 0 Å². The van der Waals surface area contributed by atoms with Crippen molar-refractivity contribution in [2.45, 2.75) is 37.8 Å². The summed E-state index contributed by atoms with van der Waals surface area (Å²) in [4.78, 5) is 4.60. The molecule has 0 aliphatic heterocycles. The van der Waals surface area contributed by atoms with E-state index >= 15 is 0 Å². The van der Waals surface area contributed by atoms with E-state index in [1.54, 1.807) is 12.3 Å². The first-order valence-corrected chi connectivity index (χ1v) is 7.16. The highest BCUT2D eigenvalue weighted by molar-refractivity contribution is 6.02. The third-order valence-electron chi connectivity index (χ3n) is 4.03. The van der Waals surface area contributed by atoms with E-state index in [2.05, 4.69) is 4.99 Å². The highest BCUT2D eigenvalue weighted by atomic mass is 16.3. The van der Waals surface area contributed by atoms with E-state index in [9.17, 15) is 10.2 Å². The molecule has 0 atom stereocenters. The molecule has 2 N–H and O–H groups in total. The molecule has 3 heteroatoms. The number of hydrogen-bond donors (Lipinski definition) is 2. The summed E-state index contributed by atoms with van der Waals surface area (Å²) >= 11 is 0. The third-order valence-corrected chi connectivity index (χ3v) is 4.03. The molecule has 0 unspecified atom stereocenters. The highest BCUT2D eigenvalue weighted by Gasteiger charge is 2.18. The topological polar surface area (TPSA) is 52.8 Å². The van der Waals surface area contributed by atoms with Crippen LogP contribution in [-0.4, -0.2) is 28.6 Å². The van der Waals surface area contributed by atoms with Gasteiger partial charge in [0.05, 0.1) is 12.1 Å². The van der Waals surface area contributed by atoms with Crippen LogP contribution in [-0.2, 0) is 0 Å². The van der Waals surface area contributed by atoms with Gasteiger partial charge < -0.3 is 10.2 Å². The number of phenols is 1. The van der Waals surface area contributed by atoms with Crippen molar-refractivity contribution in [2.24, 2.45) is 4.99 Å². The summed E-state index contributed by atoms with van der Waals surface area (Å²) in [6, 6.07) is 11.9. The predicted octanol–water partition coefficient (Wildman–Crippen LogP) is 3.27. The average molecular weight is 269 g/mol. The van der Waals surface area contributed by atoms with Crippen LogP contribution in [0.25, 0.3) is 10.8 Å². The molecule has 1 fully saturated rings. The Kier molecular flexibility index (Phi) is 3.70. The summed E-state index contributed by atoms with van der Waals surface area (Å²) in [5.41, 5.74) is 0.786. The molecule has 104 valence electrons. The number of phenolic OH excluding ortho intramolecular Hbond substituents is 1. The Bertz CT molecular complexity index is 628. The van der Waals surface area contributed by atoms with Gasteiger partial charge in [0.1, 0.15) is 5.75 Å². The van der Waals surface area contributed by atoms with Gasteiger partial charge in [-0.1, -0.05) is 30.3 Å². The standard InChI is InChI=1S/C17H19NO2/c19-14-8-6-13(7-9-14)18-11-16-15-4-2-1-3-12(15)5-10-17(16)20/h1-5,10-11,13-14,19-20H,6-9H2. The zero-order valence-corrected chi connectivity index (χ0v) is 11.4. The minimum Gasteiger partial charge on any atom is -0.507 e. The fourth-order valence-corrected chi connectivity index (χ4v) is 2.81. The van der Waals surface area contributed by atoms with Crippen molar-refractivity contribution in [3.63, 3.8) is 0 Å². The van der Waals surface area contributed by atoms with Gasteiger partial charge in [-0.3, -0.25) is 4.99 Å². The van der Waals surface area contributed by atoms with E-state index in [-0.39, 0.29) is 17.9 Å². The second kappa shape index (κ2) is 5.63. The van der Waals surface area contributed by atoms with Gasteiger partial charge in [0.25, 0.3) is 0 Å². The molecule has 3 rings (SSSR count). The molecule has 0 spiro atoms. The molecule has 0 radical (unpaired) electrons. The van der Waals surface area contributed by atoms with E-state index in [1.165, 1.54) is 0 Å². The van der Waals surface area contributed by atoms with Gasteiger partial charge in [0.15, 0.2) is 0 Å². The lowest BCUT2D eigenvalue weighted by Gasteiger charge is -2.22. The maximum atomic E-state index is 10.0. The molecule has 2 aromatic carbocycles. The first kappa shape index (κ1) is 13.1. The Morgan fingerprint density at radius 2 is 1.75 bits per heavy atom. The van der Waals surface area contributed by atoms with Crippen LogP contribution in [0.1, 0.15) is 31.2 Å². The Labute approximate surface area is 118 Å². The van der Waals surface area contributed by atoms with E-state index in [4.69, 9.17) is 0 Å². The van der Waals surface area contributed by atoms with Crippen molar-refractivity contribution < 1.29 is 10.2 Å². The lowest BCUT2D eigenvalue weighted by Crippen LogP contribution is -2.20. The van der Waals surface area contributed by atoms with Crippen LogP contribution in [0.15, 0.2) is 41.4 Å². The highest BCUT2D eigenvalue weighted by Crippen LogP contribution is 2.26. The third kappa shape index (κ3) is 2.68. The maximum absolute atomic E-state index is 10.0. The van der Waals surface area contributed by atoms with Crippen LogP contribution >= 0.6 is 0 Å². The first-order chi connectivity index (χ1) is 9.74. The lowest BCUT2D eigenvalue weighted by molar-refractivity contribution is 0.123. The fourth-order valence-electron chi connectivity index (χ4n) is 2.81. The van der Waals surface area contributed by atoms with Crippen LogP contribution in [0.4, 0.5) is 0 Å².